The lowest BCUT2D eigenvalue weighted by molar-refractivity contribution is 0.381. The molecule has 0 bridgehead atoms. The first-order valence-corrected chi connectivity index (χ1v) is 19.7. The summed E-state index contributed by atoms with van der Waals surface area (Å²) in [5.74, 6) is -7.98. The van der Waals surface area contributed by atoms with Gasteiger partial charge in [-0.1, -0.05) is 96.1 Å². The van der Waals surface area contributed by atoms with Crippen molar-refractivity contribution >= 4 is 44.6 Å². The fourth-order valence-electron chi connectivity index (χ4n) is 8.23. The van der Waals surface area contributed by atoms with Crippen molar-refractivity contribution < 1.29 is 26.7 Å². The smallest absolute Gasteiger partial charge is 0.200 e. The van der Waals surface area contributed by atoms with Gasteiger partial charge < -0.3 is 14.5 Å². The van der Waals surface area contributed by atoms with E-state index in [9.17, 15) is 13.2 Å². The van der Waals surface area contributed by atoms with E-state index in [-0.39, 0.29) is 17.6 Å². The summed E-state index contributed by atoms with van der Waals surface area (Å²) in [4.78, 5) is 8.69. The third-order valence-electron chi connectivity index (χ3n) is 11.2. The molecule has 0 aliphatic carbocycles. The van der Waals surface area contributed by atoms with Crippen molar-refractivity contribution in [2.75, 3.05) is 16.5 Å². The Balaban J connectivity index is 1.12. The van der Waals surface area contributed by atoms with Gasteiger partial charge in [0.2, 0.25) is 5.82 Å². The Kier molecular flexibility index (Phi) is 9.22. The van der Waals surface area contributed by atoms with E-state index in [1.54, 1.807) is 6.07 Å². The molecule has 9 rings (SSSR count). The van der Waals surface area contributed by atoms with Gasteiger partial charge in [0.1, 0.15) is 24.0 Å². The molecule has 0 saturated carbocycles. The molecule has 60 heavy (non-hydrogen) atoms. The minimum atomic E-state index is -2.20. The number of fused-ring (bicyclic) bond motifs is 4. The molecule has 1 aliphatic heterocycles. The largest absolute Gasteiger partial charge is 0.457 e. The topological polar surface area (TPSA) is 33.5 Å². The van der Waals surface area contributed by atoms with Crippen LogP contribution in [0.25, 0.3) is 38.8 Å². The lowest BCUT2D eigenvalue weighted by Gasteiger charge is -2.32. The predicted octanol–water partition coefficient (Wildman–Crippen LogP) is 14.2. The number of pyridine rings is 1. The van der Waals surface area contributed by atoms with Gasteiger partial charge in [0.05, 0.1) is 33.7 Å². The SMILES string of the molecule is CC(C)(C)c1ccnc(-n2c3ccccc3c3ccc(Oc4cccc(N5CN(c6c(-c7c(F)c(F)c(F)c(F)c7F)cccc6C(C)(C)C)c6ccccc65)c4)cc32)c1. The third kappa shape index (κ3) is 6.42. The second kappa shape index (κ2) is 14.3. The average molecular weight is 809 g/mol. The molecule has 8 aromatic rings. The second-order valence-electron chi connectivity index (χ2n) is 17.2. The highest BCUT2D eigenvalue weighted by molar-refractivity contribution is 6.09. The third-order valence-corrected chi connectivity index (χ3v) is 11.2. The molecule has 6 aromatic carbocycles. The molecule has 1 aliphatic rings. The number of hydrogen-bond donors (Lipinski definition) is 0. The number of benzene rings is 6. The molecule has 0 radical (unpaired) electrons. The highest BCUT2D eigenvalue weighted by atomic mass is 19.2. The van der Waals surface area contributed by atoms with Gasteiger partial charge in [-0.2, -0.15) is 0 Å². The molecule has 302 valence electrons. The summed E-state index contributed by atoms with van der Waals surface area (Å²) in [5, 5.41) is 2.15. The van der Waals surface area contributed by atoms with E-state index in [1.165, 1.54) is 11.6 Å². The van der Waals surface area contributed by atoms with Gasteiger partial charge in [-0.15, -0.1) is 0 Å². The van der Waals surface area contributed by atoms with E-state index in [2.05, 4.69) is 49.6 Å². The van der Waals surface area contributed by atoms with Gasteiger partial charge >= 0.3 is 0 Å². The first-order chi connectivity index (χ1) is 28.6. The predicted molar refractivity (Wildman–Crippen MR) is 230 cm³/mol. The lowest BCUT2D eigenvalue weighted by Crippen LogP contribution is -2.27. The first-order valence-electron chi connectivity index (χ1n) is 19.7. The number of para-hydroxylation sites is 4. The fraction of sp³-hybridized carbons (Fsp3) is 0.180. The standard InChI is InChI=1S/C50H41F5N4O/c1-49(2,3)29-23-24-56-41(25-29)59-37-18-8-7-15-33(37)34-22-21-32(27-40(34)59)60-31-14-11-13-30(26-31)57-28-58(39-20-10-9-19-38(39)57)48-35(16-12-17-36(48)50(4,5)6)42-43(51)45(53)47(55)46(54)44(42)52/h7-27H,28H2,1-6H3. The van der Waals surface area contributed by atoms with Crippen molar-refractivity contribution in [2.45, 2.75) is 52.4 Å². The van der Waals surface area contributed by atoms with Crippen LogP contribution in [0.2, 0.25) is 0 Å². The van der Waals surface area contributed by atoms with Crippen LogP contribution in [0.3, 0.4) is 0 Å². The van der Waals surface area contributed by atoms with E-state index in [1.807, 2.05) is 122 Å². The quantitative estimate of drug-likeness (QED) is 0.0952. The van der Waals surface area contributed by atoms with Crippen LogP contribution in [0.4, 0.5) is 44.7 Å². The zero-order chi connectivity index (χ0) is 42.2. The molecule has 0 amide bonds. The number of aromatic nitrogens is 2. The summed E-state index contributed by atoms with van der Waals surface area (Å²) < 4.78 is 83.7. The monoisotopic (exact) mass is 808 g/mol. The van der Waals surface area contributed by atoms with Crippen molar-refractivity contribution in [3.05, 3.63) is 168 Å². The zero-order valence-electron chi connectivity index (χ0n) is 33.9. The summed E-state index contributed by atoms with van der Waals surface area (Å²) >= 11 is 0. The van der Waals surface area contributed by atoms with Gasteiger partial charge in [-0.25, -0.2) is 26.9 Å². The molecule has 2 aromatic heterocycles. The molecular formula is C50H41F5N4O. The minimum absolute atomic E-state index is 0.0713. The van der Waals surface area contributed by atoms with E-state index in [0.717, 1.165) is 39.0 Å². The van der Waals surface area contributed by atoms with Crippen molar-refractivity contribution in [3.63, 3.8) is 0 Å². The van der Waals surface area contributed by atoms with Crippen LogP contribution in [0, 0.1) is 29.1 Å². The Morgan fingerprint density at radius 3 is 1.90 bits per heavy atom. The molecule has 0 saturated heterocycles. The molecule has 0 fully saturated rings. The summed E-state index contributed by atoms with van der Waals surface area (Å²) in [6.07, 6.45) is 1.85. The van der Waals surface area contributed by atoms with Crippen LogP contribution in [0.5, 0.6) is 11.5 Å². The molecule has 0 N–H and O–H groups in total. The first kappa shape index (κ1) is 38.8. The summed E-state index contributed by atoms with van der Waals surface area (Å²) in [7, 11) is 0. The maximum absolute atomic E-state index is 15.6. The van der Waals surface area contributed by atoms with Crippen LogP contribution >= 0.6 is 0 Å². The van der Waals surface area contributed by atoms with Crippen molar-refractivity contribution in [1.29, 1.82) is 0 Å². The van der Waals surface area contributed by atoms with Crippen LogP contribution in [0.15, 0.2) is 128 Å². The average Bonchev–Trinajstić information content (AvgIpc) is 3.78. The maximum atomic E-state index is 15.6. The number of rotatable bonds is 6. The fourth-order valence-corrected chi connectivity index (χ4v) is 8.23. The van der Waals surface area contributed by atoms with E-state index in [4.69, 9.17) is 9.72 Å². The Morgan fingerprint density at radius 2 is 1.18 bits per heavy atom. The Bertz CT molecular complexity index is 2970. The molecule has 10 heteroatoms. The Labute approximate surface area is 344 Å². The number of hydrogen-bond acceptors (Lipinski definition) is 4. The minimum Gasteiger partial charge on any atom is -0.457 e. The number of halogens is 5. The molecule has 3 heterocycles. The van der Waals surface area contributed by atoms with Crippen LogP contribution in [-0.4, -0.2) is 16.2 Å². The van der Waals surface area contributed by atoms with Crippen molar-refractivity contribution in [2.24, 2.45) is 0 Å². The Hall–Kier alpha value is -6.68. The number of anilines is 4. The van der Waals surface area contributed by atoms with Crippen molar-refractivity contribution in [3.8, 4) is 28.4 Å². The van der Waals surface area contributed by atoms with Crippen LogP contribution < -0.4 is 14.5 Å². The highest BCUT2D eigenvalue weighted by Gasteiger charge is 2.36. The molecule has 0 atom stereocenters. The summed E-state index contributed by atoms with van der Waals surface area (Å²) in [5.41, 5.74) is 4.59. The van der Waals surface area contributed by atoms with Crippen LogP contribution in [-0.2, 0) is 10.8 Å². The second-order valence-corrected chi connectivity index (χ2v) is 17.2. The van der Waals surface area contributed by atoms with Gasteiger partial charge in [0.15, 0.2) is 23.3 Å². The highest BCUT2D eigenvalue weighted by Crippen LogP contribution is 2.51. The van der Waals surface area contributed by atoms with E-state index >= 15 is 8.78 Å². The summed E-state index contributed by atoms with van der Waals surface area (Å²) in [6, 6.07) is 38.4. The zero-order valence-corrected chi connectivity index (χ0v) is 33.9. The van der Waals surface area contributed by atoms with E-state index < -0.39 is 40.1 Å². The van der Waals surface area contributed by atoms with Crippen molar-refractivity contribution in [1.82, 2.24) is 9.55 Å². The van der Waals surface area contributed by atoms with E-state index in [0.29, 0.717) is 28.4 Å². The molecular weight excluding hydrogens is 768 g/mol. The summed E-state index contributed by atoms with van der Waals surface area (Å²) in [6.45, 7) is 12.5. The van der Waals surface area contributed by atoms with Crippen LogP contribution in [0.1, 0.15) is 52.7 Å². The van der Waals surface area contributed by atoms with Gasteiger partial charge in [0.25, 0.3) is 0 Å². The number of ether oxygens (including phenoxy) is 1. The Morgan fingerprint density at radius 1 is 0.550 bits per heavy atom. The van der Waals surface area contributed by atoms with Gasteiger partial charge in [-0.3, -0.25) is 4.57 Å². The maximum Gasteiger partial charge on any atom is 0.200 e. The molecule has 0 spiro atoms. The van der Waals surface area contributed by atoms with Gasteiger partial charge in [-0.05, 0) is 76.6 Å². The number of nitrogens with zero attached hydrogens (tertiary/aromatic N) is 4. The lowest BCUT2D eigenvalue weighted by atomic mass is 9.83. The molecule has 5 nitrogen and oxygen atoms in total. The molecule has 0 unspecified atom stereocenters. The normalized spacial score (nSPS) is 13.1. The van der Waals surface area contributed by atoms with Gasteiger partial charge in [0, 0.05) is 40.4 Å².